The van der Waals surface area contributed by atoms with Gasteiger partial charge in [-0.25, -0.2) is 0 Å². The van der Waals surface area contributed by atoms with E-state index in [2.05, 4.69) is 11.8 Å². The fourth-order valence-corrected chi connectivity index (χ4v) is 3.17. The maximum Gasteiger partial charge on any atom is 0.0991 e. The van der Waals surface area contributed by atoms with Crippen molar-refractivity contribution in [3.05, 3.63) is 11.8 Å². The van der Waals surface area contributed by atoms with Crippen LogP contribution in [-0.2, 0) is 4.74 Å². The molecule has 1 saturated carbocycles. The second kappa shape index (κ2) is 4.94. The lowest BCUT2D eigenvalue weighted by Gasteiger charge is -2.07. The summed E-state index contributed by atoms with van der Waals surface area (Å²) in [6.45, 7) is 0.939. The highest BCUT2D eigenvalue weighted by atomic mass is 32.2. The van der Waals surface area contributed by atoms with E-state index in [9.17, 15) is 0 Å². The van der Waals surface area contributed by atoms with Crippen molar-refractivity contribution >= 4 is 11.8 Å². The second-order valence-corrected chi connectivity index (χ2v) is 5.36. The van der Waals surface area contributed by atoms with Crippen molar-refractivity contribution in [1.29, 1.82) is 0 Å². The van der Waals surface area contributed by atoms with Gasteiger partial charge in [0, 0.05) is 5.25 Å². The summed E-state index contributed by atoms with van der Waals surface area (Å²) in [4.78, 5) is 0. The molecule has 0 bridgehead atoms. The van der Waals surface area contributed by atoms with Gasteiger partial charge in [-0.3, -0.25) is 0 Å². The minimum absolute atomic E-state index is 0.776. The van der Waals surface area contributed by atoms with E-state index in [4.69, 9.17) is 4.74 Å². The summed E-state index contributed by atoms with van der Waals surface area (Å²) >= 11 is 2.07. The van der Waals surface area contributed by atoms with Crippen LogP contribution in [0, 0.1) is 0 Å². The van der Waals surface area contributed by atoms with Crippen molar-refractivity contribution in [1.82, 2.24) is 0 Å². The van der Waals surface area contributed by atoms with E-state index < -0.39 is 0 Å². The Balaban J connectivity index is 1.64. The van der Waals surface area contributed by atoms with E-state index in [0.29, 0.717) is 0 Å². The Morgan fingerprint density at radius 1 is 1.31 bits per heavy atom. The molecule has 0 radical (unpaired) electrons. The van der Waals surface area contributed by atoms with Gasteiger partial charge in [-0.2, -0.15) is 11.8 Å². The summed E-state index contributed by atoms with van der Waals surface area (Å²) in [5.74, 6) is 1.34. The topological polar surface area (TPSA) is 9.23 Å². The highest BCUT2D eigenvalue weighted by Crippen LogP contribution is 2.27. The van der Waals surface area contributed by atoms with Crippen LogP contribution in [-0.4, -0.2) is 17.6 Å². The number of rotatable bonds is 3. The van der Waals surface area contributed by atoms with Crippen molar-refractivity contribution in [3.8, 4) is 0 Å². The van der Waals surface area contributed by atoms with Crippen molar-refractivity contribution < 1.29 is 4.74 Å². The molecule has 2 fully saturated rings. The van der Waals surface area contributed by atoms with Gasteiger partial charge in [-0.05, 0) is 49.9 Å². The molecule has 0 aromatic heterocycles. The van der Waals surface area contributed by atoms with E-state index in [1.54, 1.807) is 0 Å². The lowest BCUT2D eigenvalue weighted by Crippen LogP contribution is -2.05. The normalized spacial score (nSPS) is 28.0. The Bertz CT molecular complexity index is 175. The quantitative estimate of drug-likeness (QED) is 0.643. The molecule has 74 valence electrons. The lowest BCUT2D eigenvalue weighted by molar-refractivity contribution is 0.245. The Kier molecular flexibility index (Phi) is 3.59. The van der Waals surface area contributed by atoms with Gasteiger partial charge in [0.2, 0.25) is 0 Å². The molecule has 1 atom stereocenters. The number of allylic oxidation sites excluding steroid dienone is 1. The molecule has 0 aromatic carbocycles. The van der Waals surface area contributed by atoms with Crippen LogP contribution in [0.3, 0.4) is 0 Å². The molecule has 1 heterocycles. The molecule has 2 aliphatic rings. The van der Waals surface area contributed by atoms with Gasteiger partial charge in [0.25, 0.3) is 0 Å². The van der Waals surface area contributed by atoms with Gasteiger partial charge in [-0.1, -0.05) is 0 Å². The first-order valence-electron chi connectivity index (χ1n) is 5.36. The SMILES string of the molecule is C(OCC1CCCS1)=C1CCCC1. The molecule has 1 aliphatic heterocycles. The average Bonchev–Trinajstić information content (AvgIpc) is 2.75. The first-order chi connectivity index (χ1) is 6.45. The molecule has 1 saturated heterocycles. The maximum atomic E-state index is 5.62. The van der Waals surface area contributed by atoms with Crippen LogP contribution in [0.4, 0.5) is 0 Å². The first-order valence-corrected chi connectivity index (χ1v) is 6.41. The predicted octanol–water partition coefficient (Wildman–Crippen LogP) is 3.36. The molecule has 1 aliphatic carbocycles. The second-order valence-electron chi connectivity index (χ2n) is 3.95. The van der Waals surface area contributed by atoms with Crippen LogP contribution in [0.25, 0.3) is 0 Å². The van der Waals surface area contributed by atoms with Crippen LogP contribution >= 0.6 is 11.8 Å². The van der Waals surface area contributed by atoms with Crippen LogP contribution in [0.15, 0.2) is 11.8 Å². The van der Waals surface area contributed by atoms with Crippen molar-refractivity contribution in [2.24, 2.45) is 0 Å². The fourth-order valence-electron chi connectivity index (χ4n) is 2.00. The minimum atomic E-state index is 0.776. The van der Waals surface area contributed by atoms with E-state index in [0.717, 1.165) is 11.9 Å². The molecule has 0 amide bonds. The zero-order valence-electron chi connectivity index (χ0n) is 8.13. The van der Waals surface area contributed by atoms with E-state index in [1.165, 1.54) is 49.9 Å². The van der Waals surface area contributed by atoms with Gasteiger partial charge in [0.05, 0.1) is 12.9 Å². The third kappa shape index (κ3) is 2.94. The third-order valence-electron chi connectivity index (χ3n) is 2.80. The van der Waals surface area contributed by atoms with Crippen LogP contribution in [0.5, 0.6) is 0 Å². The van der Waals surface area contributed by atoms with Gasteiger partial charge in [-0.15, -0.1) is 0 Å². The average molecular weight is 198 g/mol. The van der Waals surface area contributed by atoms with E-state index in [-0.39, 0.29) is 0 Å². The molecular weight excluding hydrogens is 180 g/mol. The van der Waals surface area contributed by atoms with E-state index >= 15 is 0 Å². The molecule has 2 rings (SSSR count). The van der Waals surface area contributed by atoms with Crippen molar-refractivity contribution in [3.63, 3.8) is 0 Å². The number of hydrogen-bond donors (Lipinski definition) is 0. The Morgan fingerprint density at radius 2 is 2.15 bits per heavy atom. The lowest BCUT2D eigenvalue weighted by atomic mass is 10.2. The van der Waals surface area contributed by atoms with Crippen LogP contribution in [0.1, 0.15) is 38.5 Å². The monoisotopic (exact) mass is 198 g/mol. The molecule has 0 N–H and O–H groups in total. The van der Waals surface area contributed by atoms with Crippen molar-refractivity contribution in [2.45, 2.75) is 43.8 Å². The molecule has 13 heavy (non-hydrogen) atoms. The summed E-state index contributed by atoms with van der Waals surface area (Å²) in [5, 5.41) is 0.776. The molecular formula is C11H18OS. The first kappa shape index (κ1) is 9.45. The molecule has 2 heteroatoms. The van der Waals surface area contributed by atoms with Crippen LogP contribution < -0.4 is 0 Å². The highest BCUT2D eigenvalue weighted by Gasteiger charge is 2.15. The predicted molar refractivity (Wildman–Crippen MR) is 58.0 cm³/mol. The summed E-state index contributed by atoms with van der Waals surface area (Å²) in [5.41, 5.74) is 1.53. The number of thioether (sulfide) groups is 1. The summed E-state index contributed by atoms with van der Waals surface area (Å²) in [6.07, 6.45) is 10.1. The summed E-state index contributed by atoms with van der Waals surface area (Å²) in [6, 6.07) is 0. The largest absolute Gasteiger partial charge is 0.500 e. The molecule has 1 unspecified atom stereocenters. The Hall–Kier alpha value is -0.110. The minimum Gasteiger partial charge on any atom is -0.500 e. The molecule has 0 spiro atoms. The van der Waals surface area contributed by atoms with Gasteiger partial charge < -0.3 is 4.74 Å². The van der Waals surface area contributed by atoms with Gasteiger partial charge in [0.15, 0.2) is 0 Å². The third-order valence-corrected chi connectivity index (χ3v) is 4.17. The maximum absolute atomic E-state index is 5.62. The molecule has 0 aromatic rings. The molecule has 1 nitrogen and oxygen atoms in total. The summed E-state index contributed by atoms with van der Waals surface area (Å²) in [7, 11) is 0. The smallest absolute Gasteiger partial charge is 0.0991 e. The Labute approximate surface area is 84.9 Å². The highest BCUT2D eigenvalue weighted by molar-refractivity contribution is 8.00. The zero-order chi connectivity index (χ0) is 8.93. The van der Waals surface area contributed by atoms with Gasteiger partial charge in [0.1, 0.15) is 0 Å². The van der Waals surface area contributed by atoms with Gasteiger partial charge >= 0.3 is 0 Å². The zero-order valence-corrected chi connectivity index (χ0v) is 8.94. The Morgan fingerprint density at radius 3 is 2.85 bits per heavy atom. The number of hydrogen-bond acceptors (Lipinski definition) is 2. The standard InChI is InChI=1S/C11H18OS/c1-2-5-10(4-1)8-12-9-11-6-3-7-13-11/h8,11H,1-7,9H2. The summed E-state index contributed by atoms with van der Waals surface area (Å²) < 4.78 is 5.62. The fraction of sp³-hybridized carbons (Fsp3) is 0.818. The number of ether oxygens (including phenoxy) is 1. The van der Waals surface area contributed by atoms with Crippen molar-refractivity contribution in [2.75, 3.05) is 12.4 Å². The van der Waals surface area contributed by atoms with Crippen LogP contribution in [0.2, 0.25) is 0 Å². The van der Waals surface area contributed by atoms with E-state index in [1.807, 2.05) is 6.26 Å².